The number of hydrogen-bond acceptors (Lipinski definition) is 4. The molecule has 2 aliphatic heterocycles. The summed E-state index contributed by atoms with van der Waals surface area (Å²) in [6, 6.07) is 21.9. The van der Waals surface area contributed by atoms with Crippen LogP contribution >= 0.6 is 0 Å². The molecule has 3 aromatic carbocycles. The molecule has 6 heteroatoms. The van der Waals surface area contributed by atoms with E-state index in [1.165, 1.54) is 4.90 Å². The first-order valence-corrected chi connectivity index (χ1v) is 11.1. The van der Waals surface area contributed by atoms with Crippen molar-refractivity contribution in [1.29, 1.82) is 0 Å². The highest BCUT2D eigenvalue weighted by Crippen LogP contribution is 2.34. The molecule has 0 saturated carbocycles. The summed E-state index contributed by atoms with van der Waals surface area (Å²) in [5, 5.41) is 0. The van der Waals surface area contributed by atoms with Gasteiger partial charge in [0.05, 0.1) is 30.8 Å². The first-order valence-electron chi connectivity index (χ1n) is 11.1. The molecule has 0 N–H and O–H groups in total. The smallest absolute Gasteiger partial charge is 0.261 e. The van der Waals surface area contributed by atoms with Crippen molar-refractivity contribution in [1.82, 2.24) is 9.80 Å². The maximum Gasteiger partial charge on any atom is 0.261 e. The number of benzene rings is 3. The number of fused-ring (bicyclic) bond motifs is 1. The first-order chi connectivity index (χ1) is 16.1. The van der Waals surface area contributed by atoms with Gasteiger partial charge in [-0.25, -0.2) is 0 Å². The molecular weight excluding hydrogens is 416 g/mol. The Morgan fingerprint density at radius 3 is 2.39 bits per heavy atom. The third-order valence-electron chi connectivity index (χ3n) is 6.39. The predicted molar refractivity (Wildman–Crippen MR) is 123 cm³/mol. The van der Waals surface area contributed by atoms with E-state index in [1.54, 1.807) is 49.6 Å². The molecule has 0 bridgehead atoms. The lowest BCUT2D eigenvalue weighted by Crippen LogP contribution is -2.31. The van der Waals surface area contributed by atoms with E-state index in [-0.39, 0.29) is 30.3 Å². The molecule has 33 heavy (non-hydrogen) atoms. The van der Waals surface area contributed by atoms with E-state index in [0.717, 1.165) is 29.7 Å². The Morgan fingerprint density at radius 1 is 0.939 bits per heavy atom. The maximum atomic E-state index is 13.4. The summed E-state index contributed by atoms with van der Waals surface area (Å²) in [6.45, 7) is 0.816. The largest absolute Gasteiger partial charge is 0.497 e. The Labute approximate surface area is 192 Å². The lowest BCUT2D eigenvalue weighted by Gasteiger charge is -2.26. The molecule has 3 aromatic rings. The minimum atomic E-state index is -0.301. The van der Waals surface area contributed by atoms with Gasteiger partial charge in [-0.2, -0.15) is 0 Å². The second-order valence-corrected chi connectivity index (χ2v) is 8.38. The number of likely N-dealkylation sites (tertiary alicyclic amines) is 1. The number of imide groups is 1. The zero-order valence-electron chi connectivity index (χ0n) is 18.4. The van der Waals surface area contributed by atoms with Crippen molar-refractivity contribution in [3.8, 4) is 5.75 Å². The molecule has 0 aromatic heterocycles. The van der Waals surface area contributed by atoms with Crippen molar-refractivity contribution < 1.29 is 19.1 Å². The molecule has 1 atom stereocenters. The fourth-order valence-corrected chi connectivity index (χ4v) is 4.74. The highest BCUT2D eigenvalue weighted by atomic mass is 16.5. The Morgan fingerprint density at radius 2 is 1.67 bits per heavy atom. The van der Waals surface area contributed by atoms with Crippen molar-refractivity contribution in [2.75, 3.05) is 13.7 Å². The average Bonchev–Trinajstić information content (AvgIpc) is 3.44. The van der Waals surface area contributed by atoms with E-state index < -0.39 is 0 Å². The van der Waals surface area contributed by atoms with Crippen LogP contribution in [0.4, 0.5) is 0 Å². The van der Waals surface area contributed by atoms with E-state index in [9.17, 15) is 14.4 Å². The molecule has 166 valence electrons. The third kappa shape index (κ3) is 3.78. The van der Waals surface area contributed by atoms with Crippen molar-refractivity contribution in [2.45, 2.75) is 25.4 Å². The van der Waals surface area contributed by atoms with Crippen molar-refractivity contribution in [3.63, 3.8) is 0 Å². The average molecular weight is 440 g/mol. The molecule has 2 aliphatic rings. The number of carbonyl (C=O) groups excluding carboxylic acids is 3. The molecule has 3 amide bonds. The lowest BCUT2D eigenvalue weighted by molar-refractivity contribution is 0.0642. The van der Waals surface area contributed by atoms with E-state index in [2.05, 4.69) is 0 Å². The second kappa shape index (κ2) is 8.54. The van der Waals surface area contributed by atoms with Crippen LogP contribution in [0, 0.1) is 0 Å². The minimum Gasteiger partial charge on any atom is -0.497 e. The van der Waals surface area contributed by atoms with E-state index in [4.69, 9.17) is 4.74 Å². The van der Waals surface area contributed by atoms with Gasteiger partial charge in [-0.1, -0.05) is 36.4 Å². The zero-order chi connectivity index (χ0) is 22.9. The molecule has 1 fully saturated rings. The molecule has 1 saturated heterocycles. The Bertz CT molecular complexity index is 1220. The third-order valence-corrected chi connectivity index (χ3v) is 6.39. The molecule has 1 unspecified atom stereocenters. The normalized spacial score (nSPS) is 17.4. The summed E-state index contributed by atoms with van der Waals surface area (Å²) >= 11 is 0. The van der Waals surface area contributed by atoms with Gasteiger partial charge >= 0.3 is 0 Å². The summed E-state index contributed by atoms with van der Waals surface area (Å²) in [4.78, 5) is 42.0. The number of amides is 3. The second-order valence-electron chi connectivity index (χ2n) is 8.38. The van der Waals surface area contributed by atoms with Crippen LogP contribution in [-0.2, 0) is 6.54 Å². The maximum absolute atomic E-state index is 13.4. The Balaban J connectivity index is 1.36. The van der Waals surface area contributed by atoms with Crippen LogP contribution in [0.2, 0.25) is 0 Å². The van der Waals surface area contributed by atoms with Gasteiger partial charge < -0.3 is 9.64 Å². The van der Waals surface area contributed by atoms with Gasteiger partial charge in [0.15, 0.2) is 0 Å². The summed E-state index contributed by atoms with van der Waals surface area (Å²) in [5.74, 6) is 0.120. The molecule has 0 spiro atoms. The monoisotopic (exact) mass is 440 g/mol. The SMILES string of the molecule is COc1cccc(C2CCCN2C(=O)c2cccc(CN3C(=O)c4ccccc4C3=O)c2)c1. The highest BCUT2D eigenvalue weighted by Gasteiger charge is 2.35. The van der Waals surface area contributed by atoms with Crippen molar-refractivity contribution in [2.24, 2.45) is 0 Å². The summed E-state index contributed by atoms with van der Waals surface area (Å²) < 4.78 is 5.35. The highest BCUT2D eigenvalue weighted by molar-refractivity contribution is 6.21. The van der Waals surface area contributed by atoms with Gasteiger partial charge in [-0.05, 0) is 60.4 Å². The number of ether oxygens (including phenoxy) is 1. The number of rotatable bonds is 5. The molecule has 5 rings (SSSR count). The van der Waals surface area contributed by atoms with Crippen molar-refractivity contribution in [3.05, 3.63) is 101 Å². The van der Waals surface area contributed by atoms with E-state index in [0.29, 0.717) is 23.2 Å². The van der Waals surface area contributed by atoms with Gasteiger partial charge in [0.25, 0.3) is 17.7 Å². The number of carbonyl (C=O) groups is 3. The van der Waals surface area contributed by atoms with Gasteiger partial charge in [0, 0.05) is 12.1 Å². The molecule has 0 aliphatic carbocycles. The molecule has 2 heterocycles. The number of methoxy groups -OCH3 is 1. The van der Waals surface area contributed by atoms with Crippen LogP contribution in [-0.4, -0.2) is 41.2 Å². The van der Waals surface area contributed by atoms with E-state index >= 15 is 0 Å². The van der Waals surface area contributed by atoms with Crippen LogP contribution in [0.5, 0.6) is 5.75 Å². The van der Waals surface area contributed by atoms with Crippen LogP contribution in [0.15, 0.2) is 72.8 Å². The quantitative estimate of drug-likeness (QED) is 0.549. The summed E-state index contributed by atoms with van der Waals surface area (Å²) in [5.41, 5.74) is 3.20. The standard InChI is InChI=1S/C27H24N2O4/c1-33-21-10-5-8-19(16-21)24-13-6-14-28(24)25(30)20-9-4-7-18(15-20)17-29-26(31)22-11-2-3-12-23(22)27(29)32/h2-5,7-12,15-16,24H,6,13-14,17H2,1H3. The van der Waals surface area contributed by atoms with Crippen LogP contribution < -0.4 is 4.74 Å². The lowest BCUT2D eigenvalue weighted by atomic mass is 10.0. The summed E-state index contributed by atoms with van der Waals surface area (Å²) in [6.07, 6.45) is 1.83. The zero-order valence-corrected chi connectivity index (χ0v) is 18.4. The minimum absolute atomic E-state index is 0.00695. The predicted octanol–water partition coefficient (Wildman–Crippen LogP) is 4.47. The van der Waals surface area contributed by atoms with Gasteiger partial charge in [0.1, 0.15) is 5.75 Å². The summed E-state index contributed by atoms with van der Waals surface area (Å²) in [7, 11) is 1.64. The molecule has 6 nitrogen and oxygen atoms in total. The topological polar surface area (TPSA) is 66.9 Å². The van der Waals surface area contributed by atoms with Crippen LogP contribution in [0.25, 0.3) is 0 Å². The van der Waals surface area contributed by atoms with Gasteiger partial charge in [0.2, 0.25) is 0 Å². The molecule has 0 radical (unpaired) electrons. The Kier molecular flexibility index (Phi) is 5.42. The Hall–Kier alpha value is -3.93. The number of hydrogen-bond donors (Lipinski definition) is 0. The first kappa shape index (κ1) is 20.9. The van der Waals surface area contributed by atoms with Crippen LogP contribution in [0.1, 0.15) is 61.1 Å². The number of nitrogens with zero attached hydrogens (tertiary/aromatic N) is 2. The fraction of sp³-hybridized carbons (Fsp3) is 0.222. The fourth-order valence-electron chi connectivity index (χ4n) is 4.74. The van der Waals surface area contributed by atoms with Crippen molar-refractivity contribution >= 4 is 17.7 Å². The molecular formula is C27H24N2O4. The van der Waals surface area contributed by atoms with Crippen LogP contribution in [0.3, 0.4) is 0 Å². The van der Waals surface area contributed by atoms with E-state index in [1.807, 2.05) is 35.2 Å². The van der Waals surface area contributed by atoms with Gasteiger partial charge in [-0.3, -0.25) is 19.3 Å². The van der Waals surface area contributed by atoms with Gasteiger partial charge in [-0.15, -0.1) is 0 Å².